The molecule has 0 amide bonds. The number of aliphatic hydroxyl groups excluding tert-OH is 1. The van der Waals surface area contributed by atoms with Gasteiger partial charge in [0.2, 0.25) is 0 Å². The molecule has 4 aliphatic rings. The average Bonchev–Trinajstić information content (AvgIpc) is 2.84. The lowest BCUT2D eigenvalue weighted by Gasteiger charge is -2.56. The van der Waals surface area contributed by atoms with Crippen LogP contribution in [0.1, 0.15) is 65.2 Å². The second-order valence-electron chi connectivity index (χ2n) is 9.30. The highest BCUT2D eigenvalue weighted by atomic mass is 16.2. The first-order valence-electron chi connectivity index (χ1n) is 10.0. The third-order valence-corrected chi connectivity index (χ3v) is 8.56. The Labute approximate surface area is 146 Å². The molecule has 0 spiro atoms. The van der Waals surface area contributed by atoms with Crippen LogP contribution in [0.2, 0.25) is 0 Å². The van der Waals surface area contributed by atoms with Crippen molar-refractivity contribution in [3.63, 3.8) is 0 Å². The predicted molar refractivity (Wildman–Crippen MR) is 96.4 cm³/mol. The van der Waals surface area contributed by atoms with Crippen LogP contribution < -0.4 is 0 Å². The van der Waals surface area contributed by atoms with E-state index in [1.807, 2.05) is 12.2 Å². The highest BCUT2D eigenvalue weighted by Crippen LogP contribution is 2.68. The van der Waals surface area contributed by atoms with Gasteiger partial charge in [0.15, 0.2) is 5.78 Å². The molecule has 3 fully saturated rings. The Balaban J connectivity index is 1.61. The molecule has 132 valence electrons. The second kappa shape index (κ2) is 5.83. The summed E-state index contributed by atoms with van der Waals surface area (Å²) >= 11 is 0. The zero-order valence-electron chi connectivity index (χ0n) is 15.3. The van der Waals surface area contributed by atoms with E-state index in [2.05, 4.69) is 19.9 Å². The predicted octanol–water partition coefficient (Wildman–Crippen LogP) is 4.68. The molecule has 1 N–H and O–H groups in total. The van der Waals surface area contributed by atoms with Crippen molar-refractivity contribution in [3.8, 4) is 0 Å². The summed E-state index contributed by atoms with van der Waals surface area (Å²) in [5.74, 6) is 3.56. The molecule has 0 aromatic rings. The molecule has 0 saturated heterocycles. The van der Waals surface area contributed by atoms with Crippen molar-refractivity contribution in [2.75, 3.05) is 6.61 Å². The summed E-state index contributed by atoms with van der Waals surface area (Å²) in [5.41, 5.74) is 2.10. The van der Waals surface area contributed by atoms with Crippen LogP contribution in [0.4, 0.5) is 0 Å². The van der Waals surface area contributed by atoms with E-state index in [1.165, 1.54) is 37.7 Å². The maximum Gasteiger partial charge on any atom is 0.155 e. The van der Waals surface area contributed by atoms with Crippen molar-refractivity contribution in [1.29, 1.82) is 0 Å². The molecule has 4 rings (SSSR count). The van der Waals surface area contributed by atoms with Gasteiger partial charge in [-0.25, -0.2) is 0 Å². The monoisotopic (exact) mass is 328 g/mol. The van der Waals surface area contributed by atoms with Crippen LogP contribution in [0.3, 0.4) is 0 Å². The fraction of sp³-hybridized carbons (Fsp3) is 0.773. The summed E-state index contributed by atoms with van der Waals surface area (Å²) in [6, 6.07) is 0. The largest absolute Gasteiger partial charge is 0.392 e. The highest BCUT2D eigenvalue weighted by molar-refractivity contribution is 5.91. The zero-order chi connectivity index (χ0) is 16.9. The summed E-state index contributed by atoms with van der Waals surface area (Å²) in [7, 11) is 0. The zero-order valence-corrected chi connectivity index (χ0v) is 15.3. The topological polar surface area (TPSA) is 37.3 Å². The van der Waals surface area contributed by atoms with Crippen LogP contribution in [-0.2, 0) is 4.79 Å². The molecule has 3 saturated carbocycles. The Bertz CT molecular complexity index is 589. The number of hydrogen-bond donors (Lipinski definition) is 1. The van der Waals surface area contributed by atoms with Gasteiger partial charge in [-0.3, -0.25) is 4.79 Å². The Morgan fingerprint density at radius 2 is 1.96 bits per heavy atom. The fourth-order valence-electron chi connectivity index (χ4n) is 7.07. The molecule has 2 heteroatoms. The third kappa shape index (κ3) is 2.29. The quantitative estimate of drug-likeness (QED) is 0.747. The van der Waals surface area contributed by atoms with Crippen molar-refractivity contribution >= 4 is 5.78 Å². The minimum atomic E-state index is 0.159. The Kier molecular flexibility index (Phi) is 4.03. The third-order valence-electron chi connectivity index (χ3n) is 8.56. The minimum absolute atomic E-state index is 0.159. The molecule has 5 unspecified atom stereocenters. The number of rotatable bonds is 2. The number of aliphatic hydroxyl groups is 1. The first-order chi connectivity index (χ1) is 11.5. The van der Waals surface area contributed by atoms with Crippen LogP contribution in [0.25, 0.3) is 0 Å². The van der Waals surface area contributed by atoms with Crippen LogP contribution >= 0.6 is 0 Å². The smallest absolute Gasteiger partial charge is 0.155 e. The van der Waals surface area contributed by atoms with Gasteiger partial charge in [0.05, 0.1) is 6.61 Å². The molecular formula is C22H32O2. The van der Waals surface area contributed by atoms with Gasteiger partial charge in [-0.1, -0.05) is 31.6 Å². The molecule has 0 bridgehead atoms. The SMILES string of the molecule is CC12CCC3C4CCC(=O)C=C4CCC3C1CC[C@@]2(C)/C=C\CO. The van der Waals surface area contributed by atoms with E-state index < -0.39 is 0 Å². The van der Waals surface area contributed by atoms with Gasteiger partial charge in [0, 0.05) is 6.42 Å². The van der Waals surface area contributed by atoms with Crippen LogP contribution in [-0.4, -0.2) is 17.5 Å². The molecular weight excluding hydrogens is 296 g/mol. The molecule has 0 heterocycles. The molecule has 2 nitrogen and oxygen atoms in total. The fourth-order valence-corrected chi connectivity index (χ4v) is 7.07. The van der Waals surface area contributed by atoms with Gasteiger partial charge < -0.3 is 5.11 Å². The Hall–Kier alpha value is -0.890. The van der Waals surface area contributed by atoms with E-state index in [0.717, 1.165) is 37.0 Å². The minimum Gasteiger partial charge on any atom is -0.392 e. The van der Waals surface area contributed by atoms with E-state index in [9.17, 15) is 9.90 Å². The highest BCUT2D eigenvalue weighted by Gasteiger charge is 2.59. The number of carbonyl (C=O) groups is 1. The van der Waals surface area contributed by atoms with Gasteiger partial charge in [-0.15, -0.1) is 0 Å². The Morgan fingerprint density at radius 3 is 2.75 bits per heavy atom. The van der Waals surface area contributed by atoms with Gasteiger partial charge >= 0.3 is 0 Å². The normalized spacial score (nSPS) is 48.0. The molecule has 24 heavy (non-hydrogen) atoms. The van der Waals surface area contributed by atoms with E-state index >= 15 is 0 Å². The average molecular weight is 328 g/mol. The van der Waals surface area contributed by atoms with Gasteiger partial charge in [-0.05, 0) is 85.5 Å². The van der Waals surface area contributed by atoms with Crippen LogP contribution in [0, 0.1) is 34.5 Å². The van der Waals surface area contributed by atoms with Crippen molar-refractivity contribution < 1.29 is 9.90 Å². The maximum absolute atomic E-state index is 11.8. The van der Waals surface area contributed by atoms with E-state index in [0.29, 0.717) is 17.1 Å². The number of fused-ring (bicyclic) bond motifs is 5. The van der Waals surface area contributed by atoms with E-state index in [-0.39, 0.29) is 12.0 Å². The first kappa shape index (κ1) is 16.6. The van der Waals surface area contributed by atoms with Crippen molar-refractivity contribution in [3.05, 3.63) is 23.8 Å². The molecule has 6 atom stereocenters. The van der Waals surface area contributed by atoms with Gasteiger partial charge in [-0.2, -0.15) is 0 Å². The number of ketones is 1. The maximum atomic E-state index is 11.8. The number of allylic oxidation sites excluding steroid dienone is 2. The molecule has 0 aliphatic heterocycles. The molecule has 0 aromatic carbocycles. The second-order valence-corrected chi connectivity index (χ2v) is 9.30. The first-order valence-corrected chi connectivity index (χ1v) is 10.0. The molecule has 0 aromatic heterocycles. The summed E-state index contributed by atoms with van der Waals surface area (Å²) in [4.78, 5) is 11.8. The summed E-state index contributed by atoms with van der Waals surface area (Å²) < 4.78 is 0. The lowest BCUT2D eigenvalue weighted by atomic mass is 9.49. The summed E-state index contributed by atoms with van der Waals surface area (Å²) in [6.07, 6.45) is 15.9. The van der Waals surface area contributed by atoms with E-state index in [4.69, 9.17) is 0 Å². The lowest BCUT2D eigenvalue weighted by molar-refractivity contribution is -0.116. The van der Waals surface area contributed by atoms with Crippen molar-refractivity contribution in [2.45, 2.75) is 65.2 Å². The van der Waals surface area contributed by atoms with Gasteiger partial charge in [0.1, 0.15) is 0 Å². The van der Waals surface area contributed by atoms with Gasteiger partial charge in [0.25, 0.3) is 0 Å². The summed E-state index contributed by atoms with van der Waals surface area (Å²) in [6.45, 7) is 5.11. The van der Waals surface area contributed by atoms with Crippen LogP contribution in [0.15, 0.2) is 23.8 Å². The number of carbonyl (C=O) groups excluding carboxylic acids is 1. The van der Waals surface area contributed by atoms with Crippen LogP contribution in [0.5, 0.6) is 0 Å². The van der Waals surface area contributed by atoms with Crippen molar-refractivity contribution in [1.82, 2.24) is 0 Å². The summed E-state index contributed by atoms with van der Waals surface area (Å²) in [5, 5.41) is 9.24. The Morgan fingerprint density at radius 1 is 1.12 bits per heavy atom. The molecule has 0 radical (unpaired) electrons. The standard InChI is InChI=1S/C22H32O2/c1-21(10-3-13-23)11-9-20-19-6-4-15-14-16(24)5-7-17(15)18(19)8-12-22(20,21)2/h3,10,14,17-20,23H,4-9,11-13H2,1-2H3/b10-3-/t17?,18?,19?,20?,21-,22?/m1/s1. The lowest BCUT2D eigenvalue weighted by Crippen LogP contribution is -2.48. The van der Waals surface area contributed by atoms with E-state index in [1.54, 1.807) is 0 Å². The number of hydrogen-bond acceptors (Lipinski definition) is 2. The molecule has 4 aliphatic carbocycles. The van der Waals surface area contributed by atoms with Crippen molar-refractivity contribution in [2.24, 2.45) is 34.5 Å².